The number of carbonyl (C=O) groups excluding carboxylic acids is 1. The molecule has 3 aliphatic rings. The molecule has 13 heavy (non-hydrogen) atoms. The van der Waals surface area contributed by atoms with Crippen LogP contribution in [0.15, 0.2) is 0 Å². The average molecular weight is 179 g/mol. The van der Waals surface area contributed by atoms with Crippen molar-refractivity contribution in [2.75, 3.05) is 13.6 Å². The molecule has 0 radical (unpaired) electrons. The standard InChI is InChI=1S/C11H17NO/c1-12-5-4-11(10(12)13)7-8-2-3-9(11)6-8/h8-9H,2-7H2,1H3. The number of hydrogen-bond donors (Lipinski definition) is 0. The van der Waals surface area contributed by atoms with Gasteiger partial charge < -0.3 is 4.90 Å². The minimum atomic E-state index is 0.123. The molecule has 1 aliphatic heterocycles. The lowest BCUT2D eigenvalue weighted by Crippen LogP contribution is -2.36. The number of rotatable bonds is 0. The lowest BCUT2D eigenvalue weighted by atomic mass is 9.72. The molecule has 2 nitrogen and oxygen atoms in total. The van der Waals surface area contributed by atoms with Gasteiger partial charge in [0.2, 0.25) is 5.91 Å². The van der Waals surface area contributed by atoms with Crippen molar-refractivity contribution in [2.24, 2.45) is 17.3 Å². The molecule has 1 saturated heterocycles. The van der Waals surface area contributed by atoms with Gasteiger partial charge in [-0.05, 0) is 37.5 Å². The second-order valence-corrected chi connectivity index (χ2v) is 5.21. The van der Waals surface area contributed by atoms with Gasteiger partial charge >= 0.3 is 0 Å². The molecule has 0 N–H and O–H groups in total. The minimum absolute atomic E-state index is 0.123. The summed E-state index contributed by atoms with van der Waals surface area (Å²) in [5.41, 5.74) is 0.123. The summed E-state index contributed by atoms with van der Waals surface area (Å²) >= 11 is 0. The first kappa shape index (κ1) is 7.84. The molecule has 1 spiro atoms. The van der Waals surface area contributed by atoms with Crippen molar-refractivity contribution >= 4 is 5.91 Å². The maximum Gasteiger partial charge on any atom is 0.228 e. The van der Waals surface area contributed by atoms with Gasteiger partial charge in [0, 0.05) is 13.6 Å². The van der Waals surface area contributed by atoms with Gasteiger partial charge in [-0.25, -0.2) is 0 Å². The Morgan fingerprint density at radius 1 is 1.46 bits per heavy atom. The maximum absolute atomic E-state index is 12.0. The molecule has 2 aliphatic carbocycles. The van der Waals surface area contributed by atoms with E-state index in [2.05, 4.69) is 0 Å². The summed E-state index contributed by atoms with van der Waals surface area (Å²) in [6, 6.07) is 0. The molecule has 2 saturated carbocycles. The summed E-state index contributed by atoms with van der Waals surface area (Å²) in [7, 11) is 1.96. The first-order chi connectivity index (χ1) is 6.22. The van der Waals surface area contributed by atoms with Gasteiger partial charge in [-0.2, -0.15) is 0 Å². The second-order valence-electron chi connectivity index (χ2n) is 5.21. The zero-order valence-corrected chi connectivity index (χ0v) is 8.25. The molecule has 2 bridgehead atoms. The van der Waals surface area contributed by atoms with Crippen LogP contribution in [0, 0.1) is 17.3 Å². The number of hydrogen-bond acceptors (Lipinski definition) is 1. The van der Waals surface area contributed by atoms with Crippen LogP contribution in [0.25, 0.3) is 0 Å². The van der Waals surface area contributed by atoms with Crippen LogP contribution in [-0.2, 0) is 4.79 Å². The highest BCUT2D eigenvalue weighted by Gasteiger charge is 2.58. The number of nitrogens with zero attached hydrogens (tertiary/aromatic N) is 1. The molecule has 3 fully saturated rings. The highest BCUT2D eigenvalue weighted by molar-refractivity contribution is 5.85. The predicted octanol–water partition coefficient (Wildman–Crippen LogP) is 1.65. The Bertz CT molecular complexity index is 263. The van der Waals surface area contributed by atoms with Crippen molar-refractivity contribution in [3.63, 3.8) is 0 Å². The SMILES string of the molecule is CN1CCC2(CC3CCC2C3)C1=O. The van der Waals surface area contributed by atoms with Crippen molar-refractivity contribution in [2.45, 2.75) is 32.1 Å². The van der Waals surface area contributed by atoms with Crippen molar-refractivity contribution in [3.8, 4) is 0 Å². The Kier molecular flexibility index (Phi) is 1.38. The molecule has 72 valence electrons. The largest absolute Gasteiger partial charge is 0.345 e. The summed E-state index contributed by atoms with van der Waals surface area (Å²) in [5, 5.41) is 0. The van der Waals surface area contributed by atoms with E-state index in [0.29, 0.717) is 5.91 Å². The van der Waals surface area contributed by atoms with E-state index in [-0.39, 0.29) is 5.41 Å². The molecule has 1 amide bonds. The average Bonchev–Trinajstić information content (AvgIpc) is 2.77. The first-order valence-electron chi connectivity index (χ1n) is 5.48. The van der Waals surface area contributed by atoms with Gasteiger partial charge in [0.1, 0.15) is 0 Å². The molecule has 0 aromatic heterocycles. The fraction of sp³-hybridized carbons (Fsp3) is 0.909. The molecule has 0 aromatic carbocycles. The van der Waals surface area contributed by atoms with E-state index < -0.39 is 0 Å². The lowest BCUT2D eigenvalue weighted by Gasteiger charge is -2.31. The Balaban J connectivity index is 1.94. The van der Waals surface area contributed by atoms with Crippen LogP contribution in [0.1, 0.15) is 32.1 Å². The van der Waals surface area contributed by atoms with E-state index in [4.69, 9.17) is 0 Å². The molecular weight excluding hydrogens is 162 g/mol. The number of amides is 1. The Morgan fingerprint density at radius 3 is 2.77 bits per heavy atom. The van der Waals surface area contributed by atoms with E-state index in [1.54, 1.807) is 0 Å². The van der Waals surface area contributed by atoms with E-state index >= 15 is 0 Å². The Hall–Kier alpha value is -0.530. The third-order valence-corrected chi connectivity index (χ3v) is 4.64. The zero-order valence-electron chi connectivity index (χ0n) is 8.25. The lowest BCUT2D eigenvalue weighted by molar-refractivity contribution is -0.137. The summed E-state index contributed by atoms with van der Waals surface area (Å²) in [6.07, 6.45) is 6.41. The highest BCUT2D eigenvalue weighted by atomic mass is 16.2. The predicted molar refractivity (Wildman–Crippen MR) is 50.1 cm³/mol. The van der Waals surface area contributed by atoms with Crippen molar-refractivity contribution < 1.29 is 4.79 Å². The van der Waals surface area contributed by atoms with Crippen molar-refractivity contribution in [3.05, 3.63) is 0 Å². The van der Waals surface area contributed by atoms with E-state index in [0.717, 1.165) is 24.8 Å². The van der Waals surface area contributed by atoms with E-state index in [1.807, 2.05) is 11.9 Å². The summed E-state index contributed by atoms with van der Waals surface area (Å²) < 4.78 is 0. The van der Waals surface area contributed by atoms with E-state index in [9.17, 15) is 4.79 Å². The second kappa shape index (κ2) is 2.28. The third-order valence-electron chi connectivity index (χ3n) is 4.64. The van der Waals surface area contributed by atoms with Crippen LogP contribution in [0.5, 0.6) is 0 Å². The molecule has 0 aromatic rings. The maximum atomic E-state index is 12.0. The topological polar surface area (TPSA) is 20.3 Å². The quantitative estimate of drug-likeness (QED) is 0.553. The van der Waals surface area contributed by atoms with Crippen LogP contribution in [0.4, 0.5) is 0 Å². The number of carbonyl (C=O) groups is 1. The van der Waals surface area contributed by atoms with Gasteiger partial charge in [-0.1, -0.05) is 6.42 Å². The highest BCUT2D eigenvalue weighted by Crippen LogP contribution is 2.59. The van der Waals surface area contributed by atoms with Crippen LogP contribution >= 0.6 is 0 Å². The van der Waals surface area contributed by atoms with Gasteiger partial charge in [0.25, 0.3) is 0 Å². The Labute approximate surface area is 79.3 Å². The fourth-order valence-electron chi connectivity index (χ4n) is 3.97. The van der Waals surface area contributed by atoms with Crippen LogP contribution in [0.3, 0.4) is 0 Å². The first-order valence-corrected chi connectivity index (χ1v) is 5.48. The van der Waals surface area contributed by atoms with E-state index in [1.165, 1.54) is 25.7 Å². The monoisotopic (exact) mass is 179 g/mol. The molecule has 2 heteroatoms. The summed E-state index contributed by atoms with van der Waals surface area (Å²) in [5.74, 6) is 2.09. The number of fused-ring (bicyclic) bond motifs is 3. The van der Waals surface area contributed by atoms with Crippen molar-refractivity contribution in [1.29, 1.82) is 0 Å². The van der Waals surface area contributed by atoms with Crippen LogP contribution in [0.2, 0.25) is 0 Å². The zero-order chi connectivity index (χ0) is 9.05. The van der Waals surface area contributed by atoms with Gasteiger partial charge in [-0.3, -0.25) is 4.79 Å². The molecular formula is C11H17NO. The number of likely N-dealkylation sites (tertiary alicyclic amines) is 1. The van der Waals surface area contributed by atoms with Gasteiger partial charge in [0.05, 0.1) is 5.41 Å². The van der Waals surface area contributed by atoms with Crippen LogP contribution < -0.4 is 0 Å². The molecule has 1 heterocycles. The third kappa shape index (κ3) is 0.818. The summed E-state index contributed by atoms with van der Waals surface area (Å²) in [4.78, 5) is 14.0. The van der Waals surface area contributed by atoms with Gasteiger partial charge in [0.15, 0.2) is 0 Å². The molecule has 3 atom stereocenters. The fourth-order valence-corrected chi connectivity index (χ4v) is 3.97. The van der Waals surface area contributed by atoms with Crippen molar-refractivity contribution in [1.82, 2.24) is 4.90 Å². The molecule has 3 unspecified atom stereocenters. The normalized spacial score (nSPS) is 48.4. The summed E-state index contributed by atoms with van der Waals surface area (Å²) in [6.45, 7) is 1.00. The Morgan fingerprint density at radius 2 is 2.31 bits per heavy atom. The van der Waals surface area contributed by atoms with Gasteiger partial charge in [-0.15, -0.1) is 0 Å². The van der Waals surface area contributed by atoms with Crippen LogP contribution in [-0.4, -0.2) is 24.4 Å². The minimum Gasteiger partial charge on any atom is -0.345 e. The smallest absolute Gasteiger partial charge is 0.228 e. The molecule has 3 rings (SSSR count).